The Labute approximate surface area is 217 Å². The van der Waals surface area contributed by atoms with Crippen LogP contribution in [0, 0.1) is 0 Å². The molecule has 0 bridgehead atoms. The smallest absolute Gasteiger partial charge is 1.00 e. The summed E-state index contributed by atoms with van der Waals surface area (Å²) in [6, 6.07) is 16.4. The van der Waals surface area contributed by atoms with Crippen molar-refractivity contribution in [2.75, 3.05) is 0 Å². The molecule has 0 atom stereocenters. The maximum atomic E-state index is 13.4. The van der Waals surface area contributed by atoms with Crippen LogP contribution in [0.3, 0.4) is 0 Å². The van der Waals surface area contributed by atoms with Crippen LogP contribution < -0.4 is 29.6 Å². The van der Waals surface area contributed by atoms with E-state index in [1.807, 2.05) is 23.1 Å². The molecule has 1 fully saturated rings. The number of H-pyrrole nitrogens is 1. The topological polar surface area (TPSA) is 87.1 Å². The van der Waals surface area contributed by atoms with Gasteiger partial charge in [-0.05, 0) is 41.2 Å². The quantitative estimate of drug-likeness (QED) is 0.555. The summed E-state index contributed by atoms with van der Waals surface area (Å²) in [6.07, 6.45) is 7.01. The number of amidine groups is 1. The Kier molecular flexibility index (Phi) is 7.41. The second-order valence-corrected chi connectivity index (χ2v) is 8.74. The van der Waals surface area contributed by atoms with E-state index in [4.69, 9.17) is 4.99 Å². The summed E-state index contributed by atoms with van der Waals surface area (Å²) < 4.78 is 0. The first kappa shape index (κ1) is 23.8. The first-order valence-corrected chi connectivity index (χ1v) is 11.5. The molecule has 7 nitrogen and oxygen atoms in total. The molecule has 8 heteroatoms. The van der Waals surface area contributed by atoms with E-state index >= 15 is 0 Å². The molecule has 1 spiro atoms. The Balaban J connectivity index is 0.00000162. The molecule has 0 saturated heterocycles. The molecule has 2 aromatic carbocycles. The number of nitrogens with one attached hydrogen (secondary N) is 1. The van der Waals surface area contributed by atoms with E-state index in [2.05, 4.69) is 57.9 Å². The van der Waals surface area contributed by atoms with Crippen molar-refractivity contribution in [3.05, 3.63) is 54.1 Å². The Morgan fingerprint density at radius 2 is 1.79 bits per heavy atom. The Bertz CT molecular complexity index is 1130. The number of aromatic amines is 1. The SMILES string of the molecule is CCCCC1=NC2(CCCC2)C(=O)N1Cc1ccc(-c2ccccc2-c2nn[nH]n2)cc1.[H-].[Na+]. The predicted octanol–water partition coefficient (Wildman–Crippen LogP) is 1.89. The van der Waals surface area contributed by atoms with Gasteiger partial charge in [0.1, 0.15) is 11.4 Å². The van der Waals surface area contributed by atoms with Crippen LogP contribution in [-0.2, 0) is 11.3 Å². The number of nitrogens with zero attached hydrogens (tertiary/aromatic N) is 5. The first-order valence-electron chi connectivity index (χ1n) is 11.5. The molecule has 2 aliphatic rings. The Hall–Kier alpha value is -2.35. The molecule has 166 valence electrons. The second-order valence-electron chi connectivity index (χ2n) is 8.74. The Morgan fingerprint density at radius 1 is 1.06 bits per heavy atom. The molecule has 2 heterocycles. The van der Waals surface area contributed by atoms with Crippen LogP contribution in [0.1, 0.15) is 58.9 Å². The minimum absolute atomic E-state index is 0. The number of benzene rings is 2. The number of carbonyl (C=O) groups excluding carboxylic acids is 1. The zero-order chi connectivity index (χ0) is 22.0. The van der Waals surface area contributed by atoms with Crippen molar-refractivity contribution in [2.24, 2.45) is 4.99 Å². The van der Waals surface area contributed by atoms with E-state index in [9.17, 15) is 4.79 Å². The molecule has 1 aliphatic carbocycles. The minimum Gasteiger partial charge on any atom is -1.00 e. The van der Waals surface area contributed by atoms with Gasteiger partial charge in [-0.3, -0.25) is 14.7 Å². The van der Waals surface area contributed by atoms with Crippen LogP contribution in [-0.4, -0.2) is 42.8 Å². The van der Waals surface area contributed by atoms with Crippen LogP contribution in [0.4, 0.5) is 0 Å². The van der Waals surface area contributed by atoms with Crippen LogP contribution >= 0.6 is 0 Å². The number of amides is 1. The minimum atomic E-state index is -0.480. The fourth-order valence-electron chi connectivity index (χ4n) is 4.88. The number of tetrazole rings is 1. The van der Waals surface area contributed by atoms with Crippen LogP contribution in [0.15, 0.2) is 53.5 Å². The van der Waals surface area contributed by atoms with Gasteiger partial charge in [0.2, 0.25) is 5.82 Å². The van der Waals surface area contributed by atoms with Gasteiger partial charge in [-0.2, -0.15) is 5.21 Å². The standard InChI is InChI=1S/C25H28N6O.Na.H/c1-2-3-10-22-26-25(15-6-7-16-25)24(32)31(22)17-18-11-13-19(14-12-18)20-8-4-5-9-21(20)23-27-29-30-28-23;;/h4-5,8-9,11-14H,2-3,6-7,10,15-17H2,1H3,(H,27,28,29,30);;/q;+1;-1. The molecule has 5 rings (SSSR count). The Morgan fingerprint density at radius 3 is 2.45 bits per heavy atom. The van der Waals surface area contributed by atoms with Crippen molar-refractivity contribution < 1.29 is 35.8 Å². The molecule has 1 aliphatic heterocycles. The third-order valence-electron chi connectivity index (χ3n) is 6.60. The monoisotopic (exact) mass is 452 g/mol. The number of aliphatic imine (C=N–C) groups is 1. The summed E-state index contributed by atoms with van der Waals surface area (Å²) >= 11 is 0. The fourth-order valence-corrected chi connectivity index (χ4v) is 4.88. The average molecular weight is 453 g/mol. The molecular weight excluding hydrogens is 423 g/mol. The van der Waals surface area contributed by atoms with Crippen LogP contribution in [0.5, 0.6) is 0 Å². The van der Waals surface area contributed by atoms with Crippen LogP contribution in [0.2, 0.25) is 0 Å². The largest absolute Gasteiger partial charge is 1.00 e. The number of rotatable bonds is 7. The summed E-state index contributed by atoms with van der Waals surface area (Å²) in [5.74, 6) is 1.75. The molecular formula is C25H29N6NaO. The summed E-state index contributed by atoms with van der Waals surface area (Å²) in [5.41, 5.74) is 3.69. The van der Waals surface area contributed by atoms with Gasteiger partial charge in [-0.15, -0.1) is 10.2 Å². The zero-order valence-corrected chi connectivity index (χ0v) is 21.4. The van der Waals surface area contributed by atoms with Gasteiger partial charge in [0.25, 0.3) is 5.91 Å². The van der Waals surface area contributed by atoms with Gasteiger partial charge in [-0.25, -0.2) is 0 Å². The van der Waals surface area contributed by atoms with Gasteiger partial charge in [0.05, 0.1) is 6.54 Å². The van der Waals surface area contributed by atoms with E-state index in [0.29, 0.717) is 12.4 Å². The van der Waals surface area contributed by atoms with Crippen molar-refractivity contribution in [3.8, 4) is 22.5 Å². The molecule has 0 radical (unpaired) electrons. The predicted molar refractivity (Wildman–Crippen MR) is 125 cm³/mol. The number of unbranched alkanes of at least 4 members (excludes halogenated alkanes) is 1. The molecule has 1 saturated carbocycles. The molecule has 1 aromatic heterocycles. The third-order valence-corrected chi connectivity index (χ3v) is 6.60. The van der Waals surface area contributed by atoms with Gasteiger partial charge in [0.15, 0.2) is 0 Å². The molecule has 0 unspecified atom stereocenters. The van der Waals surface area contributed by atoms with Crippen molar-refractivity contribution in [2.45, 2.75) is 64.0 Å². The summed E-state index contributed by atoms with van der Waals surface area (Å²) in [7, 11) is 0. The number of hydrogen-bond acceptors (Lipinski definition) is 5. The van der Waals surface area contributed by atoms with Gasteiger partial charge in [-0.1, -0.05) is 74.7 Å². The van der Waals surface area contributed by atoms with Crippen molar-refractivity contribution in [1.29, 1.82) is 0 Å². The van der Waals surface area contributed by atoms with Gasteiger partial charge < -0.3 is 1.43 Å². The summed E-state index contributed by atoms with van der Waals surface area (Å²) in [5, 5.41) is 14.5. The van der Waals surface area contributed by atoms with E-state index in [-0.39, 0.29) is 36.9 Å². The maximum Gasteiger partial charge on any atom is 1.00 e. The van der Waals surface area contributed by atoms with Crippen molar-refractivity contribution in [1.82, 2.24) is 25.5 Å². The molecule has 1 N–H and O–H groups in total. The van der Waals surface area contributed by atoms with Gasteiger partial charge >= 0.3 is 29.6 Å². The summed E-state index contributed by atoms with van der Waals surface area (Å²) in [4.78, 5) is 20.3. The third kappa shape index (κ3) is 4.67. The van der Waals surface area contributed by atoms with E-state index in [0.717, 1.165) is 73.0 Å². The summed E-state index contributed by atoms with van der Waals surface area (Å²) in [6.45, 7) is 2.76. The van der Waals surface area contributed by atoms with Crippen molar-refractivity contribution in [3.63, 3.8) is 0 Å². The van der Waals surface area contributed by atoms with Crippen LogP contribution in [0.25, 0.3) is 22.5 Å². The zero-order valence-electron chi connectivity index (χ0n) is 20.4. The number of aromatic nitrogens is 4. The number of hydrogen-bond donors (Lipinski definition) is 1. The van der Waals surface area contributed by atoms with Crippen molar-refractivity contribution >= 4 is 11.7 Å². The van der Waals surface area contributed by atoms with E-state index < -0.39 is 5.54 Å². The second kappa shape index (κ2) is 10.3. The molecule has 33 heavy (non-hydrogen) atoms. The number of carbonyl (C=O) groups is 1. The molecule has 1 amide bonds. The maximum absolute atomic E-state index is 13.4. The fraction of sp³-hybridized carbons (Fsp3) is 0.400. The van der Waals surface area contributed by atoms with E-state index in [1.165, 1.54) is 0 Å². The average Bonchev–Trinajstić information content (AvgIpc) is 3.58. The molecule has 3 aromatic rings. The van der Waals surface area contributed by atoms with Gasteiger partial charge in [0, 0.05) is 12.0 Å². The van der Waals surface area contributed by atoms with E-state index in [1.54, 1.807) is 0 Å². The first-order chi connectivity index (χ1) is 15.7. The normalized spacial score (nSPS) is 16.8.